The number of fused-ring (bicyclic) bond motifs is 1. The first-order chi connectivity index (χ1) is 12.2. The van der Waals surface area contributed by atoms with Crippen molar-refractivity contribution in [2.45, 2.75) is 13.8 Å². The molecule has 3 aromatic rings. The second-order valence-corrected chi connectivity index (χ2v) is 5.52. The number of benzene rings is 2. The maximum atomic E-state index is 12.7. The lowest BCUT2D eigenvalue weighted by Gasteiger charge is -2.11. The topological polar surface area (TPSA) is 63.2 Å². The highest BCUT2D eigenvalue weighted by Crippen LogP contribution is 2.31. The van der Waals surface area contributed by atoms with Gasteiger partial charge in [-0.05, 0) is 42.8 Å². The highest BCUT2D eigenvalue weighted by molar-refractivity contribution is 6.15. The number of ether oxygens (including phenoxy) is 1. The van der Waals surface area contributed by atoms with Crippen molar-refractivity contribution in [2.75, 3.05) is 6.61 Å². The minimum absolute atomic E-state index is 0.0433. The van der Waals surface area contributed by atoms with Crippen molar-refractivity contribution in [3.63, 3.8) is 0 Å². The summed E-state index contributed by atoms with van der Waals surface area (Å²) >= 11 is 0. The van der Waals surface area contributed by atoms with Gasteiger partial charge in [0.1, 0.15) is 23.2 Å². The van der Waals surface area contributed by atoms with Gasteiger partial charge < -0.3 is 9.15 Å². The summed E-state index contributed by atoms with van der Waals surface area (Å²) in [4.78, 5) is 12.7. The van der Waals surface area contributed by atoms with E-state index in [0.717, 1.165) is 16.3 Å². The molecule has 0 amide bonds. The van der Waals surface area contributed by atoms with Crippen LogP contribution in [0, 0.1) is 18.3 Å². The Hall–Kier alpha value is -3.32. The molecule has 4 nitrogen and oxygen atoms in total. The molecule has 4 heteroatoms. The zero-order chi connectivity index (χ0) is 17.8. The number of rotatable bonds is 5. The quantitative estimate of drug-likeness (QED) is 0.378. The van der Waals surface area contributed by atoms with Gasteiger partial charge in [0.2, 0.25) is 5.78 Å². The second kappa shape index (κ2) is 7.06. The number of hydrogen-bond donors (Lipinski definition) is 0. The van der Waals surface area contributed by atoms with Crippen molar-refractivity contribution in [2.24, 2.45) is 0 Å². The molecule has 1 aromatic heterocycles. The lowest BCUT2D eigenvalue weighted by Crippen LogP contribution is -2.03. The molecule has 0 aliphatic rings. The van der Waals surface area contributed by atoms with Crippen LogP contribution in [-0.2, 0) is 0 Å². The van der Waals surface area contributed by atoms with E-state index in [9.17, 15) is 10.1 Å². The predicted octanol–water partition coefficient (Wildman–Crippen LogP) is 4.93. The van der Waals surface area contributed by atoms with Gasteiger partial charge in [0.05, 0.1) is 18.4 Å². The molecule has 25 heavy (non-hydrogen) atoms. The standard InChI is InChI=1S/C21H17NO3/c1-3-24-20-9-8-15-6-4-5-7-18(15)19(20)12-16(13-22)21(23)17-10-11-25-14(17)2/h4-12H,3H2,1-2H3/b16-12+. The zero-order valence-electron chi connectivity index (χ0n) is 14.1. The van der Waals surface area contributed by atoms with Gasteiger partial charge in [0, 0.05) is 5.56 Å². The van der Waals surface area contributed by atoms with Crippen molar-refractivity contribution in [3.8, 4) is 11.8 Å². The molecule has 124 valence electrons. The third kappa shape index (κ3) is 3.17. The smallest absolute Gasteiger partial charge is 0.207 e. The monoisotopic (exact) mass is 331 g/mol. The number of carbonyl (C=O) groups excluding carboxylic acids is 1. The van der Waals surface area contributed by atoms with E-state index >= 15 is 0 Å². The van der Waals surface area contributed by atoms with E-state index < -0.39 is 0 Å². The molecule has 2 aromatic carbocycles. The van der Waals surface area contributed by atoms with Crippen LogP contribution in [0.2, 0.25) is 0 Å². The first kappa shape index (κ1) is 16.5. The van der Waals surface area contributed by atoms with Gasteiger partial charge in [-0.25, -0.2) is 0 Å². The Morgan fingerprint density at radius 1 is 1.24 bits per heavy atom. The Bertz CT molecular complexity index is 1010. The number of ketones is 1. The summed E-state index contributed by atoms with van der Waals surface area (Å²) in [6.07, 6.45) is 3.04. The van der Waals surface area contributed by atoms with Gasteiger partial charge in [-0.1, -0.05) is 30.3 Å². The predicted molar refractivity (Wildman–Crippen MR) is 96.5 cm³/mol. The molecular formula is C21H17NO3. The largest absolute Gasteiger partial charge is 0.493 e. The molecule has 0 spiro atoms. The fraction of sp³-hybridized carbons (Fsp3) is 0.143. The fourth-order valence-electron chi connectivity index (χ4n) is 2.76. The zero-order valence-corrected chi connectivity index (χ0v) is 14.1. The molecule has 0 saturated carbocycles. The Balaban J connectivity index is 2.18. The van der Waals surface area contributed by atoms with Crippen LogP contribution < -0.4 is 4.74 Å². The summed E-state index contributed by atoms with van der Waals surface area (Å²) in [7, 11) is 0. The molecule has 1 heterocycles. The molecular weight excluding hydrogens is 314 g/mol. The Morgan fingerprint density at radius 2 is 2.04 bits per heavy atom. The number of nitriles is 1. The molecule has 3 rings (SSSR count). The highest BCUT2D eigenvalue weighted by atomic mass is 16.5. The average Bonchev–Trinajstić information content (AvgIpc) is 3.06. The normalized spacial score (nSPS) is 11.3. The van der Waals surface area contributed by atoms with Crippen LogP contribution in [0.1, 0.15) is 28.6 Å². The fourth-order valence-corrected chi connectivity index (χ4v) is 2.76. The van der Waals surface area contributed by atoms with Crippen molar-refractivity contribution in [1.29, 1.82) is 5.26 Å². The average molecular weight is 331 g/mol. The van der Waals surface area contributed by atoms with Crippen molar-refractivity contribution >= 4 is 22.6 Å². The Kier molecular flexibility index (Phi) is 4.67. The first-order valence-corrected chi connectivity index (χ1v) is 8.00. The summed E-state index contributed by atoms with van der Waals surface area (Å²) in [5.41, 5.74) is 1.17. The SMILES string of the molecule is CCOc1ccc2ccccc2c1/C=C(\C#N)C(=O)c1ccoc1C. The van der Waals surface area contributed by atoms with Crippen molar-refractivity contribution in [1.82, 2.24) is 0 Å². The third-order valence-electron chi connectivity index (χ3n) is 3.99. The highest BCUT2D eigenvalue weighted by Gasteiger charge is 2.18. The maximum Gasteiger partial charge on any atom is 0.207 e. The van der Waals surface area contributed by atoms with E-state index in [2.05, 4.69) is 0 Å². The summed E-state index contributed by atoms with van der Waals surface area (Å²) in [6, 6.07) is 15.2. The molecule has 0 radical (unpaired) electrons. The van der Waals surface area contributed by atoms with Crippen LogP contribution >= 0.6 is 0 Å². The van der Waals surface area contributed by atoms with E-state index in [1.807, 2.05) is 49.4 Å². The van der Waals surface area contributed by atoms with Gasteiger partial charge in [-0.3, -0.25) is 4.79 Å². The molecule has 0 atom stereocenters. The Morgan fingerprint density at radius 3 is 2.72 bits per heavy atom. The minimum atomic E-state index is -0.357. The molecule has 0 saturated heterocycles. The molecule has 0 N–H and O–H groups in total. The number of carbonyl (C=O) groups is 1. The van der Waals surface area contributed by atoms with Crippen LogP contribution in [0.15, 0.2) is 58.7 Å². The Labute approximate surface area is 145 Å². The lowest BCUT2D eigenvalue weighted by atomic mass is 9.98. The molecule has 0 aliphatic heterocycles. The van der Waals surface area contributed by atoms with Crippen molar-refractivity contribution < 1.29 is 13.9 Å². The van der Waals surface area contributed by atoms with E-state index in [0.29, 0.717) is 23.7 Å². The van der Waals surface area contributed by atoms with E-state index in [1.165, 1.54) is 6.26 Å². The second-order valence-electron chi connectivity index (χ2n) is 5.52. The first-order valence-electron chi connectivity index (χ1n) is 8.00. The van der Waals surface area contributed by atoms with E-state index in [4.69, 9.17) is 9.15 Å². The number of furan rings is 1. The summed E-state index contributed by atoms with van der Waals surface area (Å²) < 4.78 is 10.9. The van der Waals surface area contributed by atoms with Crippen LogP contribution in [0.25, 0.3) is 16.8 Å². The molecule has 0 unspecified atom stereocenters. The maximum absolute atomic E-state index is 12.7. The number of allylic oxidation sites excluding steroid dienone is 1. The number of nitrogens with zero attached hydrogens (tertiary/aromatic N) is 1. The van der Waals surface area contributed by atoms with Crippen LogP contribution in [0.5, 0.6) is 5.75 Å². The minimum Gasteiger partial charge on any atom is -0.493 e. The number of hydrogen-bond acceptors (Lipinski definition) is 4. The van der Waals surface area contributed by atoms with Crippen LogP contribution in [0.4, 0.5) is 0 Å². The van der Waals surface area contributed by atoms with E-state index in [1.54, 1.807) is 19.1 Å². The lowest BCUT2D eigenvalue weighted by molar-refractivity contribution is 0.103. The third-order valence-corrected chi connectivity index (χ3v) is 3.99. The van der Waals surface area contributed by atoms with Crippen molar-refractivity contribution in [3.05, 3.63) is 71.2 Å². The van der Waals surface area contributed by atoms with Gasteiger partial charge >= 0.3 is 0 Å². The van der Waals surface area contributed by atoms with Crippen LogP contribution in [0.3, 0.4) is 0 Å². The van der Waals surface area contributed by atoms with Gasteiger partial charge in [0.15, 0.2) is 0 Å². The number of Topliss-reactive ketones (excluding diaryl/α,β-unsaturated/α-hetero) is 1. The van der Waals surface area contributed by atoms with Crippen LogP contribution in [-0.4, -0.2) is 12.4 Å². The summed E-state index contributed by atoms with van der Waals surface area (Å²) in [5, 5.41) is 11.5. The summed E-state index contributed by atoms with van der Waals surface area (Å²) in [6.45, 7) is 4.09. The van der Waals surface area contributed by atoms with Gasteiger partial charge in [0.25, 0.3) is 0 Å². The van der Waals surface area contributed by atoms with Gasteiger partial charge in [-0.2, -0.15) is 5.26 Å². The van der Waals surface area contributed by atoms with E-state index in [-0.39, 0.29) is 11.4 Å². The number of aryl methyl sites for hydroxylation is 1. The molecule has 0 fully saturated rings. The summed E-state index contributed by atoms with van der Waals surface area (Å²) in [5.74, 6) is 0.781. The molecule has 0 aliphatic carbocycles. The molecule has 0 bridgehead atoms. The van der Waals surface area contributed by atoms with Gasteiger partial charge in [-0.15, -0.1) is 0 Å².